The summed E-state index contributed by atoms with van der Waals surface area (Å²) in [7, 11) is 0. The zero-order valence-electron chi connectivity index (χ0n) is 13.5. The van der Waals surface area contributed by atoms with Gasteiger partial charge in [0.25, 0.3) is 0 Å². The summed E-state index contributed by atoms with van der Waals surface area (Å²) >= 11 is 0. The summed E-state index contributed by atoms with van der Waals surface area (Å²) in [6.07, 6.45) is 5.30. The number of urea groups is 1. The van der Waals surface area contributed by atoms with Crippen molar-refractivity contribution >= 4 is 17.5 Å². The number of hydrogen-bond donors (Lipinski definition) is 2. The number of nitrogens with one attached hydrogen (secondary N) is 2. The Hall–Kier alpha value is -3.22. The summed E-state index contributed by atoms with van der Waals surface area (Å²) in [5, 5.41) is 12.9. The lowest BCUT2D eigenvalue weighted by Crippen LogP contribution is -2.20. The fourth-order valence-corrected chi connectivity index (χ4v) is 2.45. The molecule has 2 N–H and O–H groups in total. The van der Waals surface area contributed by atoms with Crippen LogP contribution in [-0.2, 0) is 0 Å². The molecule has 7 heteroatoms. The molecule has 0 fully saturated rings. The van der Waals surface area contributed by atoms with E-state index in [0.717, 1.165) is 11.4 Å². The number of aromatic nitrogens is 4. The third-order valence-corrected chi connectivity index (χ3v) is 3.74. The van der Waals surface area contributed by atoms with E-state index < -0.39 is 0 Å². The average Bonchev–Trinajstić information content (AvgIpc) is 3.02. The lowest BCUT2D eigenvalue weighted by atomic mass is 10.1. The Kier molecular flexibility index (Phi) is 4.51. The van der Waals surface area contributed by atoms with E-state index in [1.54, 1.807) is 24.5 Å². The number of imidazole rings is 1. The van der Waals surface area contributed by atoms with Gasteiger partial charge in [0.1, 0.15) is 5.82 Å². The third-order valence-electron chi connectivity index (χ3n) is 3.74. The Morgan fingerprint density at radius 1 is 1.12 bits per heavy atom. The predicted molar refractivity (Wildman–Crippen MR) is 91.9 cm³/mol. The van der Waals surface area contributed by atoms with Gasteiger partial charge in [-0.15, -0.1) is 5.10 Å². The molecule has 122 valence electrons. The van der Waals surface area contributed by atoms with Crippen LogP contribution in [-0.4, -0.2) is 25.8 Å². The van der Waals surface area contributed by atoms with E-state index >= 15 is 0 Å². The minimum absolute atomic E-state index is 0.176. The largest absolute Gasteiger partial charge is 0.328 e. The number of hydrogen-bond acceptors (Lipinski definition) is 4. The maximum absolute atomic E-state index is 11.9. The van der Waals surface area contributed by atoms with E-state index in [0.29, 0.717) is 11.5 Å². The van der Waals surface area contributed by atoms with Crippen molar-refractivity contribution in [3.05, 3.63) is 66.4 Å². The molecule has 0 spiro atoms. The highest BCUT2D eigenvalue weighted by Crippen LogP contribution is 2.21. The Morgan fingerprint density at radius 3 is 2.54 bits per heavy atom. The van der Waals surface area contributed by atoms with E-state index in [4.69, 9.17) is 0 Å². The Bertz CT molecular complexity index is 813. The fourth-order valence-electron chi connectivity index (χ4n) is 2.45. The highest BCUT2D eigenvalue weighted by Gasteiger charge is 2.10. The molecule has 2 aromatic heterocycles. The molecule has 7 nitrogen and oxygen atoms in total. The van der Waals surface area contributed by atoms with Crippen LogP contribution in [0.3, 0.4) is 0 Å². The number of rotatable bonds is 4. The van der Waals surface area contributed by atoms with Gasteiger partial charge in [0.05, 0.1) is 6.04 Å². The van der Waals surface area contributed by atoms with Crippen LogP contribution in [0.25, 0.3) is 0 Å². The smallest absolute Gasteiger partial charge is 0.324 e. The molecule has 0 bridgehead atoms. The number of amides is 2. The molecule has 0 aliphatic carbocycles. The van der Waals surface area contributed by atoms with E-state index in [9.17, 15) is 4.79 Å². The first-order chi connectivity index (χ1) is 11.6. The van der Waals surface area contributed by atoms with Gasteiger partial charge in [-0.2, -0.15) is 5.10 Å². The van der Waals surface area contributed by atoms with Crippen LogP contribution < -0.4 is 10.6 Å². The number of benzene rings is 1. The van der Waals surface area contributed by atoms with Crippen LogP contribution in [0.5, 0.6) is 0 Å². The van der Waals surface area contributed by atoms with Gasteiger partial charge in [-0.25, -0.2) is 9.78 Å². The van der Waals surface area contributed by atoms with Crippen molar-refractivity contribution in [1.82, 2.24) is 19.7 Å². The monoisotopic (exact) mass is 322 g/mol. The number of carbonyl (C=O) groups excluding carboxylic acids is 1. The number of aryl methyl sites for hydroxylation is 1. The van der Waals surface area contributed by atoms with E-state index in [1.165, 1.54) is 0 Å². The average molecular weight is 322 g/mol. The first-order valence-corrected chi connectivity index (χ1v) is 7.58. The van der Waals surface area contributed by atoms with Crippen LogP contribution in [0.2, 0.25) is 0 Å². The molecule has 0 unspecified atom stereocenters. The summed E-state index contributed by atoms with van der Waals surface area (Å²) < 4.78 is 2.10. The zero-order chi connectivity index (χ0) is 16.9. The number of carbonyl (C=O) groups is 1. The molecule has 2 amide bonds. The van der Waals surface area contributed by atoms with E-state index in [1.807, 2.05) is 37.4 Å². The van der Waals surface area contributed by atoms with Crippen molar-refractivity contribution in [3.8, 4) is 0 Å². The lowest BCUT2D eigenvalue weighted by Gasteiger charge is -2.16. The Morgan fingerprint density at radius 2 is 1.92 bits per heavy atom. The second-order valence-corrected chi connectivity index (χ2v) is 5.37. The summed E-state index contributed by atoms with van der Waals surface area (Å²) in [6.45, 7) is 4.08. The van der Waals surface area contributed by atoms with Crippen LogP contribution in [0, 0.1) is 6.92 Å². The molecule has 0 radical (unpaired) electrons. The normalized spacial score (nSPS) is 11.8. The van der Waals surface area contributed by atoms with Crippen molar-refractivity contribution in [2.75, 3.05) is 10.6 Å². The minimum Gasteiger partial charge on any atom is -0.328 e. The summed E-state index contributed by atoms with van der Waals surface area (Å²) in [5.41, 5.74) is 1.84. The summed E-state index contributed by atoms with van der Waals surface area (Å²) in [4.78, 5) is 16.2. The number of nitrogens with zero attached hydrogens (tertiary/aromatic N) is 4. The van der Waals surface area contributed by atoms with Gasteiger partial charge in [-0.05, 0) is 43.7 Å². The molecule has 3 aromatic rings. The predicted octanol–water partition coefficient (Wildman–Crippen LogP) is 3.23. The van der Waals surface area contributed by atoms with Gasteiger partial charge in [0, 0.05) is 24.3 Å². The van der Waals surface area contributed by atoms with Crippen molar-refractivity contribution in [2.24, 2.45) is 0 Å². The van der Waals surface area contributed by atoms with Crippen LogP contribution in [0.1, 0.15) is 24.4 Å². The maximum atomic E-state index is 11.9. The second kappa shape index (κ2) is 6.91. The van der Waals surface area contributed by atoms with E-state index in [2.05, 4.69) is 37.3 Å². The highest BCUT2D eigenvalue weighted by atomic mass is 16.2. The molecule has 1 aromatic carbocycles. The first kappa shape index (κ1) is 15.7. The molecule has 0 aliphatic rings. The quantitative estimate of drug-likeness (QED) is 0.772. The molecule has 1 atom stereocenters. The van der Waals surface area contributed by atoms with Gasteiger partial charge < -0.3 is 9.88 Å². The van der Waals surface area contributed by atoms with Crippen molar-refractivity contribution in [1.29, 1.82) is 0 Å². The maximum Gasteiger partial charge on any atom is 0.324 e. The molecule has 0 saturated heterocycles. The molecule has 0 saturated carbocycles. The molecule has 2 heterocycles. The van der Waals surface area contributed by atoms with Gasteiger partial charge >= 0.3 is 6.03 Å². The lowest BCUT2D eigenvalue weighted by molar-refractivity contribution is 0.262. The third kappa shape index (κ3) is 3.57. The van der Waals surface area contributed by atoms with Gasteiger partial charge in [0.15, 0.2) is 5.82 Å². The topological polar surface area (TPSA) is 84.7 Å². The molecular formula is C17H18N6O. The minimum atomic E-state index is -0.359. The summed E-state index contributed by atoms with van der Waals surface area (Å²) in [6, 6.07) is 10.9. The molecule has 3 rings (SSSR count). The standard InChI is InChI=1S/C17H18N6O/c1-12(23-11-10-18-13(23)2)14-5-7-15(8-6-14)20-17(24)21-16-4-3-9-19-22-16/h3-12H,1-2H3,(H2,20,21,22,24)/t12-/m1/s1. The van der Waals surface area contributed by atoms with Crippen molar-refractivity contribution in [3.63, 3.8) is 0 Å². The zero-order valence-corrected chi connectivity index (χ0v) is 13.5. The Balaban J connectivity index is 1.64. The second-order valence-electron chi connectivity index (χ2n) is 5.37. The van der Waals surface area contributed by atoms with Gasteiger partial charge in [-0.1, -0.05) is 12.1 Å². The molecule has 24 heavy (non-hydrogen) atoms. The van der Waals surface area contributed by atoms with Crippen molar-refractivity contribution in [2.45, 2.75) is 19.9 Å². The van der Waals surface area contributed by atoms with Gasteiger partial charge in [0.2, 0.25) is 0 Å². The highest BCUT2D eigenvalue weighted by molar-refractivity contribution is 5.99. The molecule has 0 aliphatic heterocycles. The first-order valence-electron chi connectivity index (χ1n) is 7.58. The van der Waals surface area contributed by atoms with Gasteiger partial charge in [-0.3, -0.25) is 5.32 Å². The van der Waals surface area contributed by atoms with Crippen LogP contribution in [0.15, 0.2) is 55.0 Å². The summed E-state index contributed by atoms with van der Waals surface area (Å²) in [5.74, 6) is 1.36. The molecular weight excluding hydrogens is 304 g/mol. The fraction of sp³-hybridized carbons (Fsp3) is 0.176. The Labute approximate surface area is 139 Å². The van der Waals surface area contributed by atoms with Crippen LogP contribution in [0.4, 0.5) is 16.3 Å². The van der Waals surface area contributed by atoms with Crippen molar-refractivity contribution < 1.29 is 4.79 Å². The SMILES string of the molecule is Cc1nccn1[C@H](C)c1ccc(NC(=O)Nc2cccnn2)cc1. The van der Waals surface area contributed by atoms with Crippen LogP contribution >= 0.6 is 0 Å². The van der Waals surface area contributed by atoms with E-state index in [-0.39, 0.29) is 12.1 Å². The number of anilines is 2.